The Balaban J connectivity index is 2.72. The van der Waals surface area contributed by atoms with Gasteiger partial charge in [0.05, 0.1) is 15.4 Å². The van der Waals surface area contributed by atoms with Gasteiger partial charge in [-0.05, 0) is 30.7 Å². The molecular weight excluding hydrogens is 262 g/mol. The van der Waals surface area contributed by atoms with Crippen molar-refractivity contribution in [2.75, 3.05) is 0 Å². The van der Waals surface area contributed by atoms with E-state index in [1.54, 1.807) is 37.3 Å². The van der Waals surface area contributed by atoms with Crippen molar-refractivity contribution in [1.82, 2.24) is 0 Å². The number of amides is 1. The van der Waals surface area contributed by atoms with Gasteiger partial charge in [-0.1, -0.05) is 30.3 Å². The maximum Gasteiger partial charge on any atom is 0.250 e. The quantitative estimate of drug-likeness (QED) is 0.929. The van der Waals surface area contributed by atoms with Crippen LogP contribution in [0.4, 0.5) is 0 Å². The molecule has 0 atom stereocenters. The Labute approximate surface area is 111 Å². The number of hydrogen-bond acceptors (Lipinski definition) is 3. The van der Waals surface area contributed by atoms with E-state index in [4.69, 9.17) is 5.73 Å². The SMILES string of the molecule is Cc1ccccc1S(=O)(=O)c1ccccc1C(N)=O. The van der Waals surface area contributed by atoms with Gasteiger partial charge in [0.2, 0.25) is 15.7 Å². The molecule has 0 spiro atoms. The van der Waals surface area contributed by atoms with Gasteiger partial charge in [-0.2, -0.15) is 0 Å². The van der Waals surface area contributed by atoms with Crippen LogP contribution in [0.5, 0.6) is 0 Å². The van der Waals surface area contributed by atoms with Crippen LogP contribution >= 0.6 is 0 Å². The van der Waals surface area contributed by atoms with Gasteiger partial charge in [0, 0.05) is 0 Å². The summed E-state index contributed by atoms with van der Waals surface area (Å²) in [7, 11) is -3.75. The summed E-state index contributed by atoms with van der Waals surface area (Å²) < 4.78 is 25.1. The fourth-order valence-corrected chi connectivity index (χ4v) is 3.58. The lowest BCUT2D eigenvalue weighted by Gasteiger charge is -2.10. The Hall–Kier alpha value is -2.14. The lowest BCUT2D eigenvalue weighted by Crippen LogP contribution is -2.16. The number of carbonyl (C=O) groups excluding carboxylic acids is 1. The van der Waals surface area contributed by atoms with Gasteiger partial charge in [0.1, 0.15) is 0 Å². The fraction of sp³-hybridized carbons (Fsp3) is 0.0714. The van der Waals surface area contributed by atoms with Crippen molar-refractivity contribution in [2.45, 2.75) is 16.7 Å². The molecule has 5 heteroatoms. The Bertz CT molecular complexity index is 736. The molecule has 19 heavy (non-hydrogen) atoms. The normalized spacial score (nSPS) is 11.2. The van der Waals surface area contributed by atoms with E-state index >= 15 is 0 Å². The first-order valence-electron chi connectivity index (χ1n) is 5.64. The highest BCUT2D eigenvalue weighted by atomic mass is 32.2. The summed E-state index contributed by atoms with van der Waals surface area (Å²) in [6, 6.07) is 12.6. The summed E-state index contributed by atoms with van der Waals surface area (Å²) in [5.74, 6) is -0.757. The molecule has 2 N–H and O–H groups in total. The monoisotopic (exact) mass is 275 g/mol. The first kappa shape index (κ1) is 13.3. The molecule has 0 bridgehead atoms. The molecule has 0 saturated carbocycles. The highest BCUT2D eigenvalue weighted by Crippen LogP contribution is 2.26. The van der Waals surface area contributed by atoms with Crippen molar-refractivity contribution in [3.63, 3.8) is 0 Å². The van der Waals surface area contributed by atoms with Crippen molar-refractivity contribution in [3.05, 3.63) is 59.7 Å². The van der Waals surface area contributed by atoms with Gasteiger partial charge in [0.15, 0.2) is 0 Å². The van der Waals surface area contributed by atoms with Crippen molar-refractivity contribution < 1.29 is 13.2 Å². The predicted molar refractivity (Wildman–Crippen MR) is 71.6 cm³/mol. The van der Waals surface area contributed by atoms with Crippen LogP contribution in [0, 0.1) is 6.92 Å². The number of hydrogen-bond donors (Lipinski definition) is 1. The summed E-state index contributed by atoms with van der Waals surface area (Å²) >= 11 is 0. The van der Waals surface area contributed by atoms with Crippen LogP contribution in [-0.4, -0.2) is 14.3 Å². The van der Waals surface area contributed by atoms with Crippen molar-refractivity contribution in [3.8, 4) is 0 Å². The van der Waals surface area contributed by atoms with E-state index in [1.165, 1.54) is 18.2 Å². The van der Waals surface area contributed by atoms with Crippen LogP contribution in [0.1, 0.15) is 15.9 Å². The third-order valence-electron chi connectivity index (χ3n) is 2.83. The van der Waals surface area contributed by atoms with E-state index in [0.29, 0.717) is 5.56 Å². The van der Waals surface area contributed by atoms with E-state index in [0.717, 1.165) is 0 Å². The number of nitrogens with two attached hydrogens (primary N) is 1. The maximum absolute atomic E-state index is 12.6. The molecule has 98 valence electrons. The second-order valence-electron chi connectivity index (χ2n) is 4.13. The fourth-order valence-electron chi connectivity index (χ4n) is 1.88. The number of aryl methyl sites for hydroxylation is 1. The van der Waals surface area contributed by atoms with E-state index in [-0.39, 0.29) is 15.4 Å². The van der Waals surface area contributed by atoms with Gasteiger partial charge in [-0.3, -0.25) is 4.79 Å². The molecule has 0 aliphatic heterocycles. The summed E-state index contributed by atoms with van der Waals surface area (Å²) in [5, 5.41) is 0. The van der Waals surface area contributed by atoms with Crippen molar-refractivity contribution in [2.24, 2.45) is 5.73 Å². The van der Waals surface area contributed by atoms with Crippen LogP contribution < -0.4 is 5.73 Å². The first-order chi connectivity index (χ1) is 8.94. The molecule has 4 nitrogen and oxygen atoms in total. The molecule has 2 aromatic rings. The zero-order valence-corrected chi connectivity index (χ0v) is 11.1. The summed E-state index contributed by atoms with van der Waals surface area (Å²) in [6.07, 6.45) is 0. The van der Waals surface area contributed by atoms with Gasteiger partial charge in [-0.25, -0.2) is 8.42 Å². The molecule has 2 rings (SSSR count). The third-order valence-corrected chi connectivity index (χ3v) is 4.80. The molecule has 0 aromatic heterocycles. The van der Waals surface area contributed by atoms with E-state index in [1.807, 2.05) is 0 Å². The zero-order chi connectivity index (χ0) is 14.0. The third kappa shape index (κ3) is 2.37. The largest absolute Gasteiger partial charge is 0.366 e. The van der Waals surface area contributed by atoms with Gasteiger partial charge >= 0.3 is 0 Å². The molecule has 0 heterocycles. The zero-order valence-electron chi connectivity index (χ0n) is 10.3. The standard InChI is InChI=1S/C14H13NO3S/c1-10-6-2-4-8-12(10)19(17,18)13-9-5-3-7-11(13)14(15)16/h2-9H,1H3,(H2,15,16). The minimum atomic E-state index is -3.75. The molecule has 0 saturated heterocycles. The highest BCUT2D eigenvalue weighted by molar-refractivity contribution is 7.91. The number of primary amides is 1. The second-order valence-corrected chi connectivity index (χ2v) is 6.02. The Morgan fingerprint density at radius 3 is 2.05 bits per heavy atom. The smallest absolute Gasteiger partial charge is 0.250 e. The second kappa shape index (κ2) is 4.85. The maximum atomic E-state index is 12.6. The number of carbonyl (C=O) groups is 1. The highest BCUT2D eigenvalue weighted by Gasteiger charge is 2.24. The van der Waals surface area contributed by atoms with Crippen LogP contribution in [0.25, 0.3) is 0 Å². The Kier molecular flexibility index (Phi) is 3.40. The Morgan fingerprint density at radius 1 is 0.947 bits per heavy atom. The number of sulfone groups is 1. The molecule has 0 fully saturated rings. The van der Waals surface area contributed by atoms with E-state index < -0.39 is 15.7 Å². The molecule has 2 aromatic carbocycles. The average molecular weight is 275 g/mol. The first-order valence-corrected chi connectivity index (χ1v) is 7.12. The Morgan fingerprint density at radius 2 is 1.47 bits per heavy atom. The van der Waals surface area contributed by atoms with Crippen molar-refractivity contribution in [1.29, 1.82) is 0 Å². The molecule has 0 aliphatic carbocycles. The minimum Gasteiger partial charge on any atom is -0.366 e. The predicted octanol–water partition coefficient (Wildman–Crippen LogP) is 1.93. The number of benzene rings is 2. The topological polar surface area (TPSA) is 77.2 Å². The summed E-state index contributed by atoms with van der Waals surface area (Å²) in [6.45, 7) is 1.71. The van der Waals surface area contributed by atoms with Crippen LogP contribution in [0.15, 0.2) is 58.3 Å². The average Bonchev–Trinajstić information content (AvgIpc) is 2.39. The number of rotatable bonds is 3. The van der Waals surface area contributed by atoms with Gasteiger partial charge in [0.25, 0.3) is 0 Å². The van der Waals surface area contributed by atoms with Gasteiger partial charge < -0.3 is 5.73 Å². The summed E-state index contributed by atoms with van der Waals surface area (Å²) in [4.78, 5) is 11.5. The van der Waals surface area contributed by atoms with Crippen LogP contribution in [0.3, 0.4) is 0 Å². The lowest BCUT2D eigenvalue weighted by molar-refractivity contribution is 0.0997. The lowest BCUT2D eigenvalue weighted by atomic mass is 10.2. The van der Waals surface area contributed by atoms with Crippen molar-refractivity contribution >= 4 is 15.7 Å². The summed E-state index contributed by atoms with van der Waals surface area (Å²) in [5.41, 5.74) is 5.86. The molecule has 0 radical (unpaired) electrons. The molecular formula is C14H13NO3S. The van der Waals surface area contributed by atoms with E-state index in [2.05, 4.69) is 0 Å². The van der Waals surface area contributed by atoms with Crippen LogP contribution in [0.2, 0.25) is 0 Å². The molecule has 0 aliphatic rings. The van der Waals surface area contributed by atoms with Gasteiger partial charge in [-0.15, -0.1) is 0 Å². The molecule has 1 amide bonds. The minimum absolute atomic E-state index is 0.00533. The molecule has 0 unspecified atom stereocenters. The van der Waals surface area contributed by atoms with E-state index in [9.17, 15) is 13.2 Å². The van der Waals surface area contributed by atoms with Crippen LogP contribution in [-0.2, 0) is 9.84 Å².